The molecule has 1 atom stereocenters. The smallest absolute Gasteiger partial charge is 0.175 e. The Hall–Kier alpha value is -3.29. The molecule has 0 bridgehead atoms. The first kappa shape index (κ1) is 18.1. The molecule has 0 saturated carbocycles. The quantitative estimate of drug-likeness (QED) is 0.410. The third-order valence-corrected chi connectivity index (χ3v) is 4.57. The monoisotopic (exact) mass is 376 g/mol. The first-order chi connectivity index (χ1) is 13.6. The molecule has 138 valence electrons. The van der Waals surface area contributed by atoms with Crippen molar-refractivity contribution in [1.82, 2.24) is 0 Å². The van der Waals surface area contributed by atoms with Crippen LogP contribution in [0.1, 0.15) is 28.4 Å². The Kier molecular flexibility index (Phi) is 4.77. The Morgan fingerprint density at radius 1 is 0.929 bits per heavy atom. The van der Waals surface area contributed by atoms with Gasteiger partial charge in [0.1, 0.15) is 11.9 Å². The SMILES string of the molecule is C=Cc1ccc(C#Cc2ccc(-c3ccc(C4CO4)cc3F)cc2)c(F)c1F. The zero-order valence-electron chi connectivity index (χ0n) is 14.8. The second kappa shape index (κ2) is 7.38. The van der Waals surface area contributed by atoms with Crippen LogP contribution in [0.15, 0.2) is 61.2 Å². The summed E-state index contributed by atoms with van der Waals surface area (Å²) in [5.74, 6) is 3.16. The highest BCUT2D eigenvalue weighted by molar-refractivity contribution is 5.66. The maximum Gasteiger partial charge on any atom is 0.175 e. The Labute approximate surface area is 161 Å². The van der Waals surface area contributed by atoms with Crippen LogP contribution in [0, 0.1) is 29.3 Å². The summed E-state index contributed by atoms with van der Waals surface area (Å²) in [5, 5.41) is 0. The fraction of sp³-hybridized carbons (Fsp3) is 0.0833. The van der Waals surface area contributed by atoms with Crippen LogP contribution in [-0.2, 0) is 4.74 Å². The molecule has 0 aliphatic carbocycles. The van der Waals surface area contributed by atoms with Gasteiger partial charge in [-0.15, -0.1) is 0 Å². The van der Waals surface area contributed by atoms with E-state index in [4.69, 9.17) is 4.74 Å². The van der Waals surface area contributed by atoms with Crippen molar-refractivity contribution in [3.8, 4) is 23.0 Å². The van der Waals surface area contributed by atoms with Gasteiger partial charge in [0.25, 0.3) is 0 Å². The first-order valence-electron chi connectivity index (χ1n) is 8.71. The summed E-state index contributed by atoms with van der Waals surface area (Å²) in [7, 11) is 0. The van der Waals surface area contributed by atoms with Crippen molar-refractivity contribution >= 4 is 6.08 Å². The van der Waals surface area contributed by atoms with Crippen molar-refractivity contribution in [1.29, 1.82) is 0 Å². The van der Waals surface area contributed by atoms with E-state index in [1.54, 1.807) is 30.3 Å². The minimum atomic E-state index is -0.997. The van der Waals surface area contributed by atoms with Crippen molar-refractivity contribution < 1.29 is 17.9 Å². The molecule has 3 aromatic carbocycles. The predicted molar refractivity (Wildman–Crippen MR) is 103 cm³/mol. The molecule has 1 nitrogen and oxygen atoms in total. The zero-order chi connectivity index (χ0) is 19.7. The number of hydrogen-bond donors (Lipinski definition) is 0. The van der Waals surface area contributed by atoms with Gasteiger partial charge in [0.2, 0.25) is 0 Å². The molecular formula is C24H15F3O. The maximum atomic E-state index is 14.4. The average molecular weight is 376 g/mol. The van der Waals surface area contributed by atoms with Gasteiger partial charge >= 0.3 is 0 Å². The molecule has 1 unspecified atom stereocenters. The summed E-state index contributed by atoms with van der Waals surface area (Å²) in [5.41, 5.74) is 2.70. The number of hydrogen-bond acceptors (Lipinski definition) is 1. The van der Waals surface area contributed by atoms with Crippen molar-refractivity contribution in [3.05, 3.63) is 101 Å². The zero-order valence-corrected chi connectivity index (χ0v) is 14.8. The molecule has 1 saturated heterocycles. The van der Waals surface area contributed by atoms with Gasteiger partial charge in [-0.25, -0.2) is 13.2 Å². The summed E-state index contributed by atoms with van der Waals surface area (Å²) in [6, 6.07) is 14.8. The van der Waals surface area contributed by atoms with Crippen LogP contribution in [0.4, 0.5) is 13.2 Å². The first-order valence-corrected chi connectivity index (χ1v) is 8.71. The Morgan fingerprint density at radius 2 is 1.68 bits per heavy atom. The van der Waals surface area contributed by atoms with E-state index in [0.29, 0.717) is 23.3 Å². The molecule has 1 fully saturated rings. The van der Waals surface area contributed by atoms with Gasteiger partial charge in [0, 0.05) is 16.7 Å². The number of ether oxygens (including phenoxy) is 1. The van der Waals surface area contributed by atoms with Crippen LogP contribution in [0.3, 0.4) is 0 Å². The van der Waals surface area contributed by atoms with Crippen LogP contribution in [-0.4, -0.2) is 6.61 Å². The highest BCUT2D eigenvalue weighted by Gasteiger charge is 2.25. The fourth-order valence-electron chi connectivity index (χ4n) is 2.90. The van der Waals surface area contributed by atoms with E-state index in [0.717, 1.165) is 5.56 Å². The molecule has 1 aliphatic rings. The third-order valence-electron chi connectivity index (χ3n) is 4.57. The van der Waals surface area contributed by atoms with Crippen molar-refractivity contribution in [3.63, 3.8) is 0 Å². The minimum absolute atomic E-state index is 0.00646. The predicted octanol–water partition coefficient (Wildman–Crippen LogP) is 5.89. The lowest BCUT2D eigenvalue weighted by Gasteiger charge is -2.05. The second-order valence-corrected chi connectivity index (χ2v) is 6.42. The molecule has 4 heteroatoms. The van der Waals surface area contributed by atoms with Crippen LogP contribution in [0.2, 0.25) is 0 Å². The highest BCUT2D eigenvalue weighted by atomic mass is 19.2. The Bertz CT molecular complexity index is 1120. The maximum absolute atomic E-state index is 14.4. The van der Waals surface area contributed by atoms with Gasteiger partial charge in [0.05, 0.1) is 12.2 Å². The molecule has 0 spiro atoms. The van der Waals surface area contributed by atoms with Crippen molar-refractivity contribution in [2.24, 2.45) is 0 Å². The van der Waals surface area contributed by atoms with Gasteiger partial charge in [0.15, 0.2) is 11.6 Å². The van der Waals surface area contributed by atoms with E-state index in [1.165, 1.54) is 24.3 Å². The minimum Gasteiger partial charge on any atom is -0.368 e. The summed E-state index contributed by atoms with van der Waals surface area (Å²) >= 11 is 0. The molecule has 0 N–H and O–H groups in total. The molecule has 3 aromatic rings. The Balaban J connectivity index is 1.57. The molecular weight excluding hydrogens is 361 g/mol. The van der Waals surface area contributed by atoms with E-state index in [9.17, 15) is 13.2 Å². The van der Waals surface area contributed by atoms with E-state index < -0.39 is 11.6 Å². The number of epoxide rings is 1. The van der Waals surface area contributed by atoms with E-state index in [2.05, 4.69) is 18.4 Å². The Morgan fingerprint density at radius 3 is 2.32 bits per heavy atom. The molecule has 0 aromatic heterocycles. The van der Waals surface area contributed by atoms with Crippen molar-refractivity contribution in [2.75, 3.05) is 6.61 Å². The summed E-state index contributed by atoms with van der Waals surface area (Å²) in [4.78, 5) is 0. The molecule has 4 rings (SSSR count). The molecule has 1 aliphatic heterocycles. The lowest BCUT2D eigenvalue weighted by molar-refractivity contribution is 0.415. The summed E-state index contributed by atoms with van der Waals surface area (Å²) < 4.78 is 47.3. The van der Waals surface area contributed by atoms with Gasteiger partial charge in [-0.3, -0.25) is 0 Å². The van der Waals surface area contributed by atoms with Crippen molar-refractivity contribution in [2.45, 2.75) is 6.10 Å². The number of rotatable bonds is 3. The van der Waals surface area contributed by atoms with Crippen LogP contribution in [0.25, 0.3) is 17.2 Å². The third kappa shape index (κ3) is 3.58. The lowest BCUT2D eigenvalue weighted by atomic mass is 10.0. The van der Waals surface area contributed by atoms with E-state index in [-0.39, 0.29) is 23.0 Å². The van der Waals surface area contributed by atoms with Gasteiger partial charge in [-0.2, -0.15) is 0 Å². The summed E-state index contributed by atoms with van der Waals surface area (Å²) in [6.45, 7) is 4.07. The van der Waals surface area contributed by atoms with Gasteiger partial charge in [-0.1, -0.05) is 54.8 Å². The largest absolute Gasteiger partial charge is 0.368 e. The average Bonchev–Trinajstić information content (AvgIpc) is 3.55. The van der Waals surface area contributed by atoms with E-state index in [1.807, 2.05) is 6.07 Å². The second-order valence-electron chi connectivity index (χ2n) is 6.42. The topological polar surface area (TPSA) is 12.5 Å². The normalized spacial score (nSPS) is 14.9. The van der Waals surface area contributed by atoms with E-state index >= 15 is 0 Å². The van der Waals surface area contributed by atoms with Gasteiger partial charge < -0.3 is 4.74 Å². The standard InChI is InChI=1S/C24H15F3O/c1-2-16-9-10-18(24(27)23(16)26)8-5-15-3-6-17(7-4-15)20-12-11-19(13-21(20)25)22-14-28-22/h2-4,6-7,9-13,22H,1,14H2. The molecule has 1 heterocycles. The van der Waals surface area contributed by atoms with Crippen LogP contribution < -0.4 is 0 Å². The highest BCUT2D eigenvalue weighted by Crippen LogP contribution is 2.33. The number of benzene rings is 3. The van der Waals surface area contributed by atoms with Crippen LogP contribution >= 0.6 is 0 Å². The molecule has 0 radical (unpaired) electrons. The van der Waals surface area contributed by atoms with Gasteiger partial charge in [-0.05, 0) is 35.4 Å². The lowest BCUT2D eigenvalue weighted by Crippen LogP contribution is -1.93. The molecule has 0 amide bonds. The molecule has 28 heavy (non-hydrogen) atoms. The number of halogens is 3. The van der Waals surface area contributed by atoms with Crippen LogP contribution in [0.5, 0.6) is 0 Å². The summed E-state index contributed by atoms with van der Waals surface area (Å²) in [6.07, 6.45) is 1.25. The fourth-order valence-corrected chi connectivity index (χ4v) is 2.90.